The first-order chi connectivity index (χ1) is 8.32. The molecule has 0 rings (SSSR count). The van der Waals surface area contributed by atoms with Gasteiger partial charge in [-0.05, 0) is 0 Å². The number of rotatable bonds is 8. The highest BCUT2D eigenvalue weighted by Crippen LogP contribution is 2.43. The van der Waals surface area contributed by atoms with E-state index in [4.69, 9.17) is 20.0 Å². The third-order valence-corrected chi connectivity index (χ3v) is 2.93. The van der Waals surface area contributed by atoms with Crippen molar-refractivity contribution >= 4 is 19.5 Å². The lowest BCUT2D eigenvalue weighted by Crippen LogP contribution is -2.28. The Morgan fingerprint density at radius 1 is 1.06 bits per heavy atom. The van der Waals surface area contributed by atoms with E-state index in [0.717, 1.165) is 0 Å². The van der Waals surface area contributed by atoms with Crippen LogP contribution in [0.25, 0.3) is 0 Å². The highest BCUT2D eigenvalue weighted by molar-refractivity contribution is 7.53. The summed E-state index contributed by atoms with van der Waals surface area (Å²) in [5, 5.41) is 16.8. The summed E-state index contributed by atoms with van der Waals surface area (Å²) in [6.07, 6.45) is -0.867. The Balaban J connectivity index is 4.55. The Bertz CT molecular complexity index is 323. The van der Waals surface area contributed by atoms with Crippen LogP contribution in [0.2, 0.25) is 0 Å². The van der Waals surface area contributed by atoms with Crippen molar-refractivity contribution in [3.63, 3.8) is 0 Å². The van der Waals surface area contributed by atoms with Gasteiger partial charge in [-0.25, -0.2) is 0 Å². The number of hydrogen-bond donors (Lipinski definition) is 4. The number of carbonyl (C=O) groups excluding carboxylic acids is 2. The van der Waals surface area contributed by atoms with Gasteiger partial charge in [0.2, 0.25) is 0 Å². The molecule has 0 spiro atoms. The zero-order valence-electron chi connectivity index (χ0n) is 9.39. The molecule has 9 nitrogen and oxygen atoms in total. The summed E-state index contributed by atoms with van der Waals surface area (Å²) in [4.78, 5) is 40.2. The fourth-order valence-corrected chi connectivity index (χ4v) is 1.69. The SMILES string of the molecule is O=C(CC(C(=O)OCCO)P(=O)(O)O)OCCO. The van der Waals surface area contributed by atoms with Gasteiger partial charge in [0.1, 0.15) is 13.2 Å². The van der Waals surface area contributed by atoms with Gasteiger partial charge in [-0.2, -0.15) is 0 Å². The van der Waals surface area contributed by atoms with E-state index >= 15 is 0 Å². The van der Waals surface area contributed by atoms with E-state index in [0.29, 0.717) is 0 Å². The monoisotopic (exact) mass is 286 g/mol. The molecule has 0 bridgehead atoms. The highest BCUT2D eigenvalue weighted by Gasteiger charge is 2.39. The zero-order chi connectivity index (χ0) is 14.2. The van der Waals surface area contributed by atoms with Gasteiger partial charge in [0.05, 0.1) is 19.6 Å². The average molecular weight is 286 g/mol. The molecule has 10 heteroatoms. The van der Waals surface area contributed by atoms with Crippen LogP contribution in [-0.4, -0.2) is 64.0 Å². The van der Waals surface area contributed by atoms with E-state index < -0.39 is 51.4 Å². The van der Waals surface area contributed by atoms with Gasteiger partial charge in [0.15, 0.2) is 5.66 Å². The number of carbonyl (C=O) groups is 2. The molecule has 4 N–H and O–H groups in total. The van der Waals surface area contributed by atoms with E-state index in [9.17, 15) is 14.2 Å². The van der Waals surface area contributed by atoms with E-state index in [2.05, 4.69) is 9.47 Å². The number of esters is 2. The van der Waals surface area contributed by atoms with Crippen molar-refractivity contribution in [2.24, 2.45) is 0 Å². The predicted octanol–water partition coefficient (Wildman–Crippen LogP) is -2.01. The number of aliphatic hydroxyl groups is 2. The third kappa shape index (κ3) is 6.67. The Labute approximate surface area is 102 Å². The second kappa shape index (κ2) is 8.17. The maximum absolute atomic E-state index is 11.3. The Hall–Kier alpha value is -0.990. The van der Waals surface area contributed by atoms with Crippen molar-refractivity contribution in [3.05, 3.63) is 0 Å². The van der Waals surface area contributed by atoms with Crippen molar-refractivity contribution in [2.75, 3.05) is 26.4 Å². The molecule has 0 radical (unpaired) electrons. The molecule has 0 saturated carbocycles. The van der Waals surface area contributed by atoms with Crippen LogP contribution in [0.15, 0.2) is 0 Å². The normalized spacial score (nSPS) is 12.9. The lowest BCUT2D eigenvalue weighted by Gasteiger charge is -2.16. The molecule has 0 aromatic carbocycles. The van der Waals surface area contributed by atoms with Crippen LogP contribution in [0.4, 0.5) is 0 Å². The van der Waals surface area contributed by atoms with Gasteiger partial charge in [-0.15, -0.1) is 0 Å². The zero-order valence-corrected chi connectivity index (χ0v) is 10.3. The number of ether oxygens (including phenoxy) is 2. The largest absolute Gasteiger partial charge is 0.463 e. The minimum atomic E-state index is -4.88. The Morgan fingerprint density at radius 2 is 1.56 bits per heavy atom. The molecule has 0 aliphatic heterocycles. The summed E-state index contributed by atoms with van der Waals surface area (Å²) in [6.45, 7) is -1.71. The highest BCUT2D eigenvalue weighted by atomic mass is 31.2. The van der Waals surface area contributed by atoms with Crippen molar-refractivity contribution < 1.29 is 43.6 Å². The molecular weight excluding hydrogens is 271 g/mol. The number of hydrogen-bond acceptors (Lipinski definition) is 7. The Kier molecular flexibility index (Phi) is 7.72. The fourth-order valence-electron chi connectivity index (χ4n) is 0.958. The molecule has 0 aliphatic carbocycles. The van der Waals surface area contributed by atoms with E-state index in [-0.39, 0.29) is 6.61 Å². The second-order valence-electron chi connectivity index (χ2n) is 3.14. The lowest BCUT2D eigenvalue weighted by atomic mass is 10.3. The third-order valence-electron chi connectivity index (χ3n) is 1.73. The summed E-state index contributed by atoms with van der Waals surface area (Å²) in [7, 11) is -4.88. The van der Waals surface area contributed by atoms with Crippen LogP contribution >= 0.6 is 7.60 Å². The second-order valence-corrected chi connectivity index (χ2v) is 4.95. The molecule has 18 heavy (non-hydrogen) atoms. The van der Waals surface area contributed by atoms with Gasteiger partial charge in [0, 0.05) is 0 Å². The molecule has 0 heterocycles. The first-order valence-corrected chi connectivity index (χ1v) is 6.60. The van der Waals surface area contributed by atoms with Gasteiger partial charge < -0.3 is 29.5 Å². The molecule has 0 amide bonds. The van der Waals surface area contributed by atoms with Crippen LogP contribution in [-0.2, 0) is 23.6 Å². The van der Waals surface area contributed by atoms with Crippen LogP contribution in [0.5, 0.6) is 0 Å². The molecule has 1 atom stereocenters. The standard InChI is InChI=1S/C8H15O9P/c9-1-3-16-7(11)5-6(18(13,14)15)8(12)17-4-2-10/h6,9-10H,1-5H2,(H2,13,14,15). The predicted molar refractivity (Wildman–Crippen MR) is 56.5 cm³/mol. The average Bonchev–Trinajstić information content (AvgIpc) is 2.28. The fraction of sp³-hybridized carbons (Fsp3) is 0.750. The molecule has 0 aliphatic rings. The molecule has 0 saturated heterocycles. The van der Waals surface area contributed by atoms with Gasteiger partial charge in [-0.3, -0.25) is 14.2 Å². The first kappa shape index (κ1) is 17.0. The van der Waals surface area contributed by atoms with Crippen molar-refractivity contribution in [2.45, 2.75) is 12.1 Å². The van der Waals surface area contributed by atoms with E-state index in [1.807, 2.05) is 0 Å². The van der Waals surface area contributed by atoms with Crippen LogP contribution in [0.1, 0.15) is 6.42 Å². The maximum Gasteiger partial charge on any atom is 0.340 e. The summed E-state index contributed by atoms with van der Waals surface area (Å²) >= 11 is 0. The molecule has 0 aromatic rings. The molecule has 1 unspecified atom stereocenters. The lowest BCUT2D eigenvalue weighted by molar-refractivity contribution is -0.151. The minimum Gasteiger partial charge on any atom is -0.463 e. The van der Waals surface area contributed by atoms with Crippen LogP contribution in [0.3, 0.4) is 0 Å². The van der Waals surface area contributed by atoms with Crippen LogP contribution < -0.4 is 0 Å². The maximum atomic E-state index is 11.3. The summed E-state index contributed by atoms with van der Waals surface area (Å²) in [6, 6.07) is 0. The van der Waals surface area contributed by atoms with Gasteiger partial charge in [-0.1, -0.05) is 0 Å². The Morgan fingerprint density at radius 3 is 2.00 bits per heavy atom. The van der Waals surface area contributed by atoms with Crippen molar-refractivity contribution in [3.8, 4) is 0 Å². The smallest absolute Gasteiger partial charge is 0.340 e. The van der Waals surface area contributed by atoms with E-state index in [1.165, 1.54) is 0 Å². The quantitative estimate of drug-likeness (QED) is 0.293. The molecule has 0 aromatic heterocycles. The topological polar surface area (TPSA) is 151 Å². The van der Waals surface area contributed by atoms with Gasteiger partial charge >= 0.3 is 19.5 Å². The molecular formula is C8H15O9P. The van der Waals surface area contributed by atoms with E-state index in [1.54, 1.807) is 0 Å². The van der Waals surface area contributed by atoms with Crippen molar-refractivity contribution in [1.29, 1.82) is 0 Å². The number of aliphatic hydroxyl groups excluding tert-OH is 2. The van der Waals surface area contributed by atoms with Crippen molar-refractivity contribution in [1.82, 2.24) is 0 Å². The molecule has 106 valence electrons. The summed E-state index contributed by atoms with van der Waals surface area (Å²) < 4.78 is 19.7. The van der Waals surface area contributed by atoms with Gasteiger partial charge in [0.25, 0.3) is 0 Å². The summed E-state index contributed by atoms with van der Waals surface area (Å²) in [5.41, 5.74) is -1.98. The van der Waals surface area contributed by atoms with Crippen LogP contribution in [0, 0.1) is 0 Å². The molecule has 0 fully saturated rings. The minimum absolute atomic E-state index is 0.335. The first-order valence-electron chi connectivity index (χ1n) is 4.92. The summed E-state index contributed by atoms with van der Waals surface area (Å²) in [5.74, 6) is -2.34.